The van der Waals surface area contributed by atoms with E-state index in [0.717, 1.165) is 17.7 Å². The molecule has 2 N–H and O–H groups in total. The maximum Gasteiger partial charge on any atom is 0.306 e. The van der Waals surface area contributed by atoms with Gasteiger partial charge in [0.2, 0.25) is 5.91 Å². The Morgan fingerprint density at radius 2 is 2.08 bits per heavy atom. The third-order valence-electron chi connectivity index (χ3n) is 3.85. The Morgan fingerprint density at radius 3 is 2.79 bits per heavy atom. The summed E-state index contributed by atoms with van der Waals surface area (Å²) in [5.74, 6) is -0.775. The number of carbonyl (C=O) groups excluding carboxylic acids is 3. The van der Waals surface area contributed by atoms with E-state index >= 15 is 0 Å². The highest BCUT2D eigenvalue weighted by Gasteiger charge is 2.33. The van der Waals surface area contributed by atoms with Crippen LogP contribution in [0.3, 0.4) is 0 Å². The van der Waals surface area contributed by atoms with Gasteiger partial charge >= 0.3 is 5.97 Å². The lowest BCUT2D eigenvalue weighted by molar-refractivity contribution is -0.141. The molecule has 1 aliphatic rings. The molecule has 0 radical (unpaired) electrons. The smallest absolute Gasteiger partial charge is 0.306 e. The van der Waals surface area contributed by atoms with Gasteiger partial charge in [0.05, 0.1) is 5.56 Å². The van der Waals surface area contributed by atoms with Gasteiger partial charge in [-0.1, -0.05) is 30.8 Å². The predicted octanol–water partition coefficient (Wildman–Crippen LogP) is 2.17. The summed E-state index contributed by atoms with van der Waals surface area (Å²) >= 11 is 1.29. The van der Waals surface area contributed by atoms with E-state index in [4.69, 9.17) is 10.5 Å². The summed E-state index contributed by atoms with van der Waals surface area (Å²) in [5.41, 5.74) is 5.89. The van der Waals surface area contributed by atoms with E-state index in [9.17, 15) is 14.4 Å². The van der Waals surface area contributed by atoms with E-state index in [1.807, 2.05) is 13.0 Å². The molecule has 1 fully saturated rings. The number of nitrogens with zero attached hydrogens (tertiary/aromatic N) is 1. The van der Waals surface area contributed by atoms with Crippen LogP contribution in [0.15, 0.2) is 29.2 Å². The van der Waals surface area contributed by atoms with Crippen molar-refractivity contribution in [2.45, 2.75) is 43.5 Å². The van der Waals surface area contributed by atoms with Crippen LogP contribution in [0.4, 0.5) is 0 Å². The van der Waals surface area contributed by atoms with Crippen molar-refractivity contribution >= 4 is 29.5 Å². The predicted molar refractivity (Wildman–Crippen MR) is 91.4 cm³/mol. The first-order chi connectivity index (χ1) is 11.5. The Balaban J connectivity index is 2.06. The molecule has 0 spiro atoms. The van der Waals surface area contributed by atoms with Crippen LogP contribution in [0.1, 0.15) is 43.0 Å². The van der Waals surface area contributed by atoms with Gasteiger partial charge in [-0.25, -0.2) is 0 Å². The number of rotatable bonds is 7. The topological polar surface area (TPSA) is 89.7 Å². The van der Waals surface area contributed by atoms with Crippen LogP contribution in [0.25, 0.3) is 0 Å². The highest BCUT2D eigenvalue weighted by molar-refractivity contribution is 7.99. The third kappa shape index (κ3) is 4.50. The highest BCUT2D eigenvalue weighted by Crippen LogP contribution is 2.27. The van der Waals surface area contributed by atoms with Crippen molar-refractivity contribution in [3.05, 3.63) is 29.8 Å². The number of hydrogen-bond acceptors (Lipinski definition) is 5. The second-order valence-corrected chi connectivity index (χ2v) is 6.55. The Morgan fingerprint density at radius 1 is 1.33 bits per heavy atom. The number of esters is 1. The first kappa shape index (κ1) is 18.3. The minimum absolute atomic E-state index is 0.155. The van der Waals surface area contributed by atoms with Crippen LogP contribution < -0.4 is 5.73 Å². The number of ether oxygens (including phenoxy) is 1. The molecule has 1 aliphatic heterocycles. The first-order valence-corrected chi connectivity index (χ1v) is 9.01. The fraction of sp³-hybridized carbons (Fsp3) is 0.471. The number of carbonyl (C=O) groups is 3. The lowest BCUT2D eigenvalue weighted by Gasteiger charge is -2.23. The summed E-state index contributed by atoms with van der Waals surface area (Å²) in [6, 6.07) is 6.58. The van der Waals surface area contributed by atoms with Gasteiger partial charge in [-0.3, -0.25) is 14.4 Å². The maximum absolute atomic E-state index is 12.8. The number of primary amides is 1. The van der Waals surface area contributed by atoms with Crippen molar-refractivity contribution in [3.8, 4) is 0 Å². The number of hydrogen-bond donors (Lipinski definition) is 1. The number of benzene rings is 1. The lowest BCUT2D eigenvalue weighted by atomic mass is 10.1. The molecule has 1 atom stereocenters. The third-order valence-corrected chi connectivity index (χ3v) is 4.75. The van der Waals surface area contributed by atoms with Crippen molar-refractivity contribution in [2.75, 3.05) is 12.5 Å². The molecule has 1 aromatic carbocycles. The highest BCUT2D eigenvalue weighted by atomic mass is 32.2. The maximum atomic E-state index is 12.8. The Kier molecular flexibility index (Phi) is 6.66. The van der Waals surface area contributed by atoms with Gasteiger partial charge in [0.1, 0.15) is 12.0 Å². The zero-order valence-electron chi connectivity index (χ0n) is 13.7. The quantitative estimate of drug-likeness (QED) is 0.462. The molecule has 130 valence electrons. The minimum Gasteiger partial charge on any atom is -0.454 e. The lowest BCUT2D eigenvalue weighted by Crippen LogP contribution is -2.43. The van der Waals surface area contributed by atoms with E-state index in [2.05, 4.69) is 0 Å². The molecule has 0 bridgehead atoms. The second-order valence-electron chi connectivity index (χ2n) is 5.58. The van der Waals surface area contributed by atoms with Gasteiger partial charge < -0.3 is 15.4 Å². The summed E-state index contributed by atoms with van der Waals surface area (Å²) in [6.07, 6.45) is 2.49. The van der Waals surface area contributed by atoms with Crippen LogP contribution in [0.5, 0.6) is 0 Å². The number of thioether (sulfide) groups is 1. The summed E-state index contributed by atoms with van der Waals surface area (Å²) in [6.45, 7) is 2.44. The summed E-state index contributed by atoms with van der Waals surface area (Å²) in [7, 11) is 0. The molecule has 2 rings (SSSR count). The van der Waals surface area contributed by atoms with E-state index in [-0.39, 0.29) is 17.8 Å². The molecule has 24 heavy (non-hydrogen) atoms. The van der Waals surface area contributed by atoms with Gasteiger partial charge in [0, 0.05) is 17.9 Å². The Labute approximate surface area is 145 Å². The van der Waals surface area contributed by atoms with Crippen LogP contribution in [0.2, 0.25) is 0 Å². The molecule has 6 nitrogen and oxygen atoms in total. The Hall–Kier alpha value is -2.02. The second kappa shape index (κ2) is 8.73. The first-order valence-electron chi connectivity index (χ1n) is 8.02. The van der Waals surface area contributed by atoms with Gasteiger partial charge in [0.25, 0.3) is 5.91 Å². The standard InChI is InChI=1S/C17H22N2O4S/c1-2-6-15(20)23-11-24-14-9-4-3-7-12(14)17(22)19-10-5-8-13(19)16(18)21/h3-4,7,9,13H,2,5-6,8,10-11H2,1H3,(H2,18,21)/t13-/m0/s1. The van der Waals surface area contributed by atoms with Crippen molar-refractivity contribution in [2.24, 2.45) is 5.73 Å². The van der Waals surface area contributed by atoms with Gasteiger partial charge in [-0.15, -0.1) is 0 Å². The summed E-state index contributed by atoms with van der Waals surface area (Å²) < 4.78 is 5.13. The summed E-state index contributed by atoms with van der Waals surface area (Å²) in [5, 5.41) is 0. The van der Waals surface area contributed by atoms with Gasteiger partial charge in [-0.2, -0.15) is 0 Å². The van der Waals surface area contributed by atoms with Crippen molar-refractivity contribution in [3.63, 3.8) is 0 Å². The SMILES string of the molecule is CCCC(=O)OCSc1ccccc1C(=O)N1CCC[C@H]1C(N)=O. The largest absolute Gasteiger partial charge is 0.454 e. The minimum atomic E-state index is -0.544. The zero-order valence-corrected chi connectivity index (χ0v) is 14.5. The monoisotopic (exact) mass is 350 g/mol. The molecule has 2 amide bonds. The zero-order chi connectivity index (χ0) is 17.5. The summed E-state index contributed by atoms with van der Waals surface area (Å²) in [4.78, 5) is 38.0. The van der Waals surface area contributed by atoms with E-state index in [1.54, 1.807) is 18.2 Å². The molecule has 1 aromatic rings. The average Bonchev–Trinajstić information content (AvgIpc) is 3.05. The van der Waals surface area contributed by atoms with Crippen LogP contribution in [-0.2, 0) is 14.3 Å². The fourth-order valence-corrected chi connectivity index (χ4v) is 3.47. The average molecular weight is 350 g/mol. The number of likely N-dealkylation sites (tertiary alicyclic amines) is 1. The molecule has 7 heteroatoms. The van der Waals surface area contributed by atoms with Crippen molar-refractivity contribution in [1.29, 1.82) is 0 Å². The molecular weight excluding hydrogens is 328 g/mol. The van der Waals surface area contributed by atoms with Crippen LogP contribution in [-0.4, -0.2) is 41.2 Å². The molecule has 0 saturated carbocycles. The Bertz CT molecular complexity index is 620. The molecular formula is C17H22N2O4S. The normalized spacial score (nSPS) is 16.9. The van der Waals surface area contributed by atoms with Gasteiger partial charge in [0.15, 0.2) is 0 Å². The van der Waals surface area contributed by atoms with Crippen LogP contribution >= 0.6 is 11.8 Å². The van der Waals surface area contributed by atoms with Gasteiger partial charge in [-0.05, 0) is 31.4 Å². The molecule has 1 saturated heterocycles. The van der Waals surface area contributed by atoms with E-state index < -0.39 is 11.9 Å². The number of amides is 2. The van der Waals surface area contributed by atoms with Crippen LogP contribution in [0, 0.1) is 0 Å². The number of nitrogens with two attached hydrogens (primary N) is 1. The molecule has 0 aromatic heterocycles. The molecule has 1 heterocycles. The van der Waals surface area contributed by atoms with E-state index in [1.165, 1.54) is 16.7 Å². The van der Waals surface area contributed by atoms with Crippen molar-refractivity contribution in [1.82, 2.24) is 4.90 Å². The fourth-order valence-electron chi connectivity index (χ4n) is 2.66. The molecule has 0 unspecified atom stereocenters. The van der Waals surface area contributed by atoms with Crippen molar-refractivity contribution < 1.29 is 19.1 Å². The van der Waals surface area contributed by atoms with E-state index in [0.29, 0.717) is 24.9 Å². The molecule has 0 aliphatic carbocycles.